The average molecular weight is 532 g/mol. The minimum atomic E-state index is -5.09. The Labute approximate surface area is 209 Å². The van der Waals surface area contributed by atoms with Gasteiger partial charge in [0.1, 0.15) is 22.7 Å². The highest BCUT2D eigenvalue weighted by Gasteiger charge is 2.43. The molecule has 1 aliphatic rings. The molecule has 0 fully saturated rings. The summed E-state index contributed by atoms with van der Waals surface area (Å²) in [5, 5.41) is 8.89. The molecule has 15 heteroatoms. The molecule has 1 aromatic carbocycles. The molecule has 3 aromatic heterocycles. The lowest BCUT2D eigenvalue weighted by Gasteiger charge is -2.39. The number of fused-ring (bicyclic) bond motifs is 1. The number of hydrogen-bond donors (Lipinski definition) is 3. The van der Waals surface area contributed by atoms with Crippen molar-refractivity contribution < 1.29 is 36.4 Å². The van der Waals surface area contributed by atoms with Crippen molar-refractivity contribution in [2.45, 2.75) is 18.3 Å². The molecule has 4 heterocycles. The number of carbonyl (C=O) groups excluding carboxylic acids is 1. The number of hydrogen-bond acceptors (Lipinski definition) is 8. The van der Waals surface area contributed by atoms with Crippen LogP contribution in [-0.2, 0) is 5.54 Å². The van der Waals surface area contributed by atoms with Gasteiger partial charge in [0.15, 0.2) is 11.6 Å². The summed E-state index contributed by atoms with van der Waals surface area (Å²) in [5.74, 6) is -2.66. The monoisotopic (exact) mass is 532 g/mol. The second-order valence-electron chi connectivity index (χ2n) is 8.00. The summed E-state index contributed by atoms with van der Waals surface area (Å²) < 4.78 is 66.4. The lowest BCUT2D eigenvalue weighted by Crippen LogP contribution is -2.51. The van der Waals surface area contributed by atoms with E-state index in [9.17, 15) is 27.2 Å². The molecular weight excluding hydrogens is 516 g/mol. The number of halogens is 4. The Balaban J connectivity index is 1.45. The molecule has 1 aliphatic heterocycles. The largest absolute Gasteiger partial charge is 0.573 e. The quantitative estimate of drug-likeness (QED) is 0.330. The van der Waals surface area contributed by atoms with Crippen LogP contribution in [0, 0.1) is 5.82 Å². The van der Waals surface area contributed by atoms with Gasteiger partial charge < -0.3 is 20.1 Å². The van der Waals surface area contributed by atoms with Crippen LogP contribution in [0.3, 0.4) is 0 Å². The van der Waals surface area contributed by atoms with Crippen molar-refractivity contribution in [1.29, 1.82) is 0 Å². The molecular formula is C23H16F4N6O5. The Morgan fingerprint density at radius 3 is 2.68 bits per heavy atom. The van der Waals surface area contributed by atoms with Crippen LogP contribution in [0.5, 0.6) is 11.5 Å². The number of H-pyrrole nitrogens is 1. The molecule has 5 rings (SSSR count). The predicted molar refractivity (Wildman–Crippen MR) is 121 cm³/mol. The Hall–Kier alpha value is -4.95. The van der Waals surface area contributed by atoms with Crippen LogP contribution in [-0.4, -0.2) is 39.1 Å². The van der Waals surface area contributed by atoms with E-state index in [1.165, 1.54) is 30.6 Å². The van der Waals surface area contributed by atoms with Gasteiger partial charge in [0.2, 0.25) is 5.82 Å². The predicted octanol–water partition coefficient (Wildman–Crippen LogP) is 3.71. The maximum atomic E-state index is 14.7. The van der Waals surface area contributed by atoms with Crippen LogP contribution in [0.4, 0.5) is 28.0 Å². The third-order valence-electron chi connectivity index (χ3n) is 5.59. The number of alkyl halides is 3. The van der Waals surface area contributed by atoms with Crippen LogP contribution in [0.25, 0.3) is 11.5 Å². The van der Waals surface area contributed by atoms with Crippen molar-refractivity contribution >= 4 is 11.7 Å². The number of nitrogens with zero attached hydrogens (tertiary/aromatic N) is 3. The van der Waals surface area contributed by atoms with Crippen LogP contribution in [0.2, 0.25) is 0 Å². The number of amides is 2. The Morgan fingerprint density at radius 2 is 2.00 bits per heavy atom. The third-order valence-corrected chi connectivity index (χ3v) is 5.59. The maximum Gasteiger partial charge on any atom is 0.573 e. The van der Waals surface area contributed by atoms with Gasteiger partial charge in [-0.2, -0.15) is 0 Å². The normalized spacial score (nSPS) is 16.7. The molecule has 0 spiro atoms. The number of benzene rings is 1. The molecule has 1 atom stereocenters. The van der Waals surface area contributed by atoms with Crippen molar-refractivity contribution in [3.8, 4) is 23.0 Å². The first-order chi connectivity index (χ1) is 18.1. The number of rotatable bonds is 5. The van der Waals surface area contributed by atoms with Crippen molar-refractivity contribution in [2.24, 2.45) is 0 Å². The number of aromatic nitrogens is 4. The van der Waals surface area contributed by atoms with Crippen LogP contribution >= 0.6 is 0 Å². The lowest BCUT2D eigenvalue weighted by atomic mass is 9.81. The molecule has 196 valence electrons. The van der Waals surface area contributed by atoms with E-state index < -0.39 is 35.3 Å². The zero-order valence-corrected chi connectivity index (χ0v) is 19.0. The maximum absolute atomic E-state index is 14.7. The molecule has 38 heavy (non-hydrogen) atoms. The molecule has 0 saturated carbocycles. The number of aromatic amines is 1. The fourth-order valence-electron chi connectivity index (χ4n) is 4.01. The van der Waals surface area contributed by atoms with Gasteiger partial charge in [0, 0.05) is 12.6 Å². The highest BCUT2D eigenvalue weighted by molar-refractivity contribution is 5.90. The van der Waals surface area contributed by atoms with Gasteiger partial charge in [-0.05, 0) is 42.0 Å². The van der Waals surface area contributed by atoms with Crippen molar-refractivity contribution in [2.75, 3.05) is 11.9 Å². The van der Waals surface area contributed by atoms with E-state index in [0.29, 0.717) is 5.75 Å². The minimum absolute atomic E-state index is 0.0834. The standard InChI is InChI=1S/C23H16F4N6O5/c24-14-10-12(3-6-16(14)37-23(25,26)27)22(7-9-36-17-2-1-8-28-18(17)22)32-20(34)30-13-4-5-15(29-11-13)19-31-21(35)38-33-19/h1-6,8,10-11H,7,9H2,(H2,30,32,34)(H,31,33,35). The fourth-order valence-corrected chi connectivity index (χ4v) is 4.01. The van der Waals surface area contributed by atoms with E-state index >= 15 is 0 Å². The SMILES string of the molecule is O=C(Nc1ccc(-c2noc(=O)[nH]2)nc1)NC1(c2ccc(OC(F)(F)F)c(F)c2)CCOc2cccnc21. The Bertz CT molecular complexity index is 1540. The molecule has 0 aliphatic carbocycles. The summed E-state index contributed by atoms with van der Waals surface area (Å²) in [7, 11) is 0. The summed E-state index contributed by atoms with van der Waals surface area (Å²) in [4.78, 5) is 35.0. The number of nitrogens with one attached hydrogen (secondary N) is 3. The van der Waals surface area contributed by atoms with E-state index in [1.807, 2.05) is 0 Å². The molecule has 0 radical (unpaired) electrons. The third kappa shape index (κ3) is 4.98. The number of ether oxygens (including phenoxy) is 2. The van der Waals surface area contributed by atoms with E-state index in [0.717, 1.165) is 12.1 Å². The molecule has 4 aromatic rings. The molecule has 2 amide bonds. The lowest BCUT2D eigenvalue weighted by molar-refractivity contribution is -0.275. The van der Waals surface area contributed by atoms with Crippen molar-refractivity contribution in [1.82, 2.24) is 25.4 Å². The Morgan fingerprint density at radius 1 is 1.16 bits per heavy atom. The van der Waals surface area contributed by atoms with Gasteiger partial charge in [0.25, 0.3) is 0 Å². The molecule has 1 unspecified atom stereocenters. The van der Waals surface area contributed by atoms with Crippen LogP contribution < -0.4 is 25.9 Å². The number of anilines is 1. The molecule has 11 nitrogen and oxygen atoms in total. The van der Waals surface area contributed by atoms with Gasteiger partial charge in [0.05, 0.1) is 18.5 Å². The zero-order valence-electron chi connectivity index (χ0n) is 19.0. The minimum Gasteiger partial charge on any atom is -0.491 e. The Kier molecular flexibility index (Phi) is 6.18. The first kappa shape index (κ1) is 24.7. The smallest absolute Gasteiger partial charge is 0.491 e. The molecule has 0 bridgehead atoms. The van der Waals surface area contributed by atoms with Crippen LogP contribution in [0.15, 0.2) is 64.2 Å². The fraction of sp³-hybridized carbons (Fsp3) is 0.174. The summed E-state index contributed by atoms with van der Waals surface area (Å²) in [6.07, 6.45) is -2.26. The van der Waals surface area contributed by atoms with Gasteiger partial charge in [-0.3, -0.25) is 19.5 Å². The first-order valence-corrected chi connectivity index (χ1v) is 10.9. The van der Waals surface area contributed by atoms with Gasteiger partial charge in [-0.25, -0.2) is 14.0 Å². The highest BCUT2D eigenvalue weighted by Crippen LogP contribution is 2.41. The van der Waals surface area contributed by atoms with E-state index in [4.69, 9.17) is 4.74 Å². The average Bonchev–Trinajstić information content (AvgIpc) is 3.31. The highest BCUT2D eigenvalue weighted by atomic mass is 19.4. The topological polar surface area (TPSA) is 144 Å². The van der Waals surface area contributed by atoms with Crippen molar-refractivity contribution in [3.63, 3.8) is 0 Å². The van der Waals surface area contributed by atoms with E-state index in [1.54, 1.807) is 12.1 Å². The van der Waals surface area contributed by atoms with Gasteiger partial charge in [-0.1, -0.05) is 11.2 Å². The number of pyridine rings is 2. The second-order valence-corrected chi connectivity index (χ2v) is 8.00. The van der Waals surface area contributed by atoms with Gasteiger partial charge in [-0.15, -0.1) is 13.2 Å². The van der Waals surface area contributed by atoms with Crippen molar-refractivity contribution in [3.05, 3.63) is 82.5 Å². The van der Waals surface area contributed by atoms with Crippen LogP contribution in [0.1, 0.15) is 17.7 Å². The first-order valence-electron chi connectivity index (χ1n) is 10.9. The number of urea groups is 1. The van der Waals surface area contributed by atoms with E-state index in [2.05, 4.69) is 40.0 Å². The van der Waals surface area contributed by atoms with Gasteiger partial charge >= 0.3 is 18.1 Å². The summed E-state index contributed by atoms with van der Waals surface area (Å²) in [6.45, 7) is 0.0908. The molecule has 3 N–H and O–H groups in total. The summed E-state index contributed by atoms with van der Waals surface area (Å²) >= 11 is 0. The zero-order chi connectivity index (χ0) is 26.9. The number of carbonyl (C=O) groups is 1. The van der Waals surface area contributed by atoms with E-state index in [-0.39, 0.29) is 41.5 Å². The molecule has 0 saturated heterocycles. The summed E-state index contributed by atoms with van der Waals surface area (Å²) in [6, 6.07) is 8.30. The second kappa shape index (κ2) is 9.49. The summed E-state index contributed by atoms with van der Waals surface area (Å²) in [5.41, 5.74) is -0.595.